The monoisotopic (exact) mass is 291 g/mol. The summed E-state index contributed by atoms with van der Waals surface area (Å²) in [5, 5.41) is 0.630. The van der Waals surface area contributed by atoms with E-state index in [2.05, 4.69) is 0 Å². The molecule has 0 saturated heterocycles. The fourth-order valence-corrected chi connectivity index (χ4v) is 1.77. The lowest BCUT2D eigenvalue weighted by molar-refractivity contribution is 0.1000. The third kappa shape index (κ3) is 4.17. The van der Waals surface area contributed by atoms with Crippen LogP contribution in [0.3, 0.4) is 0 Å². The van der Waals surface area contributed by atoms with Gasteiger partial charge in [0, 0.05) is 10.6 Å². The highest BCUT2D eigenvalue weighted by molar-refractivity contribution is 6.30. The summed E-state index contributed by atoms with van der Waals surface area (Å²) in [7, 11) is 0. The van der Waals surface area contributed by atoms with Crippen LogP contribution in [0, 0.1) is 0 Å². The maximum Gasteiger partial charge on any atom is 0.248 e. The van der Waals surface area contributed by atoms with Gasteiger partial charge in [0.1, 0.15) is 24.7 Å². The number of primary amides is 1. The molecule has 20 heavy (non-hydrogen) atoms. The van der Waals surface area contributed by atoms with Crippen molar-refractivity contribution in [3.05, 3.63) is 59.1 Å². The molecule has 0 radical (unpaired) electrons. The fourth-order valence-electron chi connectivity index (χ4n) is 1.59. The van der Waals surface area contributed by atoms with E-state index in [1.807, 2.05) is 12.1 Å². The Morgan fingerprint density at radius 1 is 1.00 bits per heavy atom. The lowest BCUT2D eigenvalue weighted by Gasteiger charge is -2.08. The number of rotatable bonds is 6. The minimum absolute atomic E-state index is 0.391. The second-order valence-corrected chi connectivity index (χ2v) is 4.48. The van der Waals surface area contributed by atoms with Gasteiger partial charge in [0.25, 0.3) is 0 Å². The number of hydrogen-bond donors (Lipinski definition) is 1. The Morgan fingerprint density at radius 2 is 1.65 bits per heavy atom. The highest BCUT2D eigenvalue weighted by atomic mass is 35.5. The minimum Gasteiger partial charge on any atom is -0.490 e. The molecule has 2 aromatic carbocycles. The SMILES string of the molecule is NC(=O)c1ccc(OCCOc2cccc(Cl)c2)cc1. The van der Waals surface area contributed by atoms with Gasteiger partial charge in [0.05, 0.1) is 0 Å². The van der Waals surface area contributed by atoms with Crippen LogP contribution in [-0.2, 0) is 0 Å². The second kappa shape index (κ2) is 6.82. The molecule has 0 heterocycles. The average Bonchev–Trinajstić information content (AvgIpc) is 2.44. The molecule has 0 aliphatic heterocycles. The van der Waals surface area contributed by atoms with Crippen LogP contribution in [0.1, 0.15) is 10.4 Å². The minimum atomic E-state index is -0.458. The van der Waals surface area contributed by atoms with Gasteiger partial charge in [0.2, 0.25) is 5.91 Å². The van der Waals surface area contributed by atoms with Crippen LogP contribution >= 0.6 is 11.6 Å². The third-order valence-corrected chi connectivity index (χ3v) is 2.79. The number of benzene rings is 2. The van der Waals surface area contributed by atoms with Gasteiger partial charge in [-0.1, -0.05) is 17.7 Å². The van der Waals surface area contributed by atoms with Crippen molar-refractivity contribution in [2.24, 2.45) is 5.73 Å². The molecular formula is C15H14ClNO3. The van der Waals surface area contributed by atoms with Crippen LogP contribution in [0.2, 0.25) is 5.02 Å². The molecule has 0 aromatic heterocycles. The van der Waals surface area contributed by atoms with Gasteiger partial charge >= 0.3 is 0 Å². The van der Waals surface area contributed by atoms with E-state index in [4.69, 9.17) is 26.8 Å². The van der Waals surface area contributed by atoms with Gasteiger partial charge in [0.15, 0.2) is 0 Å². The molecular weight excluding hydrogens is 278 g/mol. The van der Waals surface area contributed by atoms with Crippen LogP contribution in [0.25, 0.3) is 0 Å². The third-order valence-electron chi connectivity index (χ3n) is 2.56. The van der Waals surface area contributed by atoms with Gasteiger partial charge in [-0.15, -0.1) is 0 Å². The largest absolute Gasteiger partial charge is 0.490 e. The number of hydrogen-bond acceptors (Lipinski definition) is 3. The van der Waals surface area contributed by atoms with Gasteiger partial charge < -0.3 is 15.2 Å². The quantitative estimate of drug-likeness (QED) is 0.833. The fraction of sp³-hybridized carbons (Fsp3) is 0.133. The zero-order valence-corrected chi connectivity index (χ0v) is 11.5. The highest BCUT2D eigenvalue weighted by Crippen LogP contribution is 2.17. The predicted octanol–water partition coefficient (Wildman–Crippen LogP) is 2.90. The molecule has 0 saturated carbocycles. The average molecular weight is 292 g/mol. The molecule has 1 amide bonds. The topological polar surface area (TPSA) is 61.6 Å². The number of amides is 1. The van der Waals surface area contributed by atoms with E-state index in [-0.39, 0.29) is 0 Å². The van der Waals surface area contributed by atoms with Crippen molar-refractivity contribution < 1.29 is 14.3 Å². The molecule has 0 bridgehead atoms. The van der Waals surface area contributed by atoms with Crippen molar-refractivity contribution in [3.8, 4) is 11.5 Å². The summed E-state index contributed by atoms with van der Waals surface area (Å²) in [4.78, 5) is 10.9. The molecule has 0 fully saturated rings. The lowest BCUT2D eigenvalue weighted by Crippen LogP contribution is -2.11. The second-order valence-electron chi connectivity index (χ2n) is 4.04. The van der Waals surface area contributed by atoms with E-state index in [9.17, 15) is 4.79 Å². The van der Waals surface area contributed by atoms with Crippen molar-refractivity contribution >= 4 is 17.5 Å². The predicted molar refractivity (Wildman–Crippen MR) is 77.4 cm³/mol. The van der Waals surface area contributed by atoms with Crippen LogP contribution in [0.15, 0.2) is 48.5 Å². The molecule has 2 aromatic rings. The maximum absolute atomic E-state index is 10.9. The van der Waals surface area contributed by atoms with Gasteiger partial charge in [-0.05, 0) is 42.5 Å². The number of halogens is 1. The Hall–Kier alpha value is -2.20. The van der Waals surface area contributed by atoms with Gasteiger partial charge in [-0.25, -0.2) is 0 Å². The molecule has 2 rings (SSSR count). The number of carbonyl (C=O) groups excluding carboxylic acids is 1. The Labute approximate surface area is 122 Å². The molecule has 0 unspecified atom stereocenters. The molecule has 0 atom stereocenters. The summed E-state index contributed by atoms with van der Waals surface area (Å²) in [6.07, 6.45) is 0. The Bertz CT molecular complexity index is 584. The Morgan fingerprint density at radius 3 is 2.25 bits per heavy atom. The molecule has 4 nitrogen and oxygen atoms in total. The molecule has 0 aliphatic rings. The lowest BCUT2D eigenvalue weighted by atomic mass is 10.2. The van der Waals surface area contributed by atoms with E-state index < -0.39 is 5.91 Å². The van der Waals surface area contributed by atoms with Crippen molar-refractivity contribution in [1.29, 1.82) is 0 Å². The zero-order valence-electron chi connectivity index (χ0n) is 10.7. The van der Waals surface area contributed by atoms with E-state index in [1.165, 1.54) is 0 Å². The number of carbonyl (C=O) groups is 1. The first kappa shape index (κ1) is 14.2. The van der Waals surface area contributed by atoms with Gasteiger partial charge in [-0.3, -0.25) is 4.79 Å². The van der Waals surface area contributed by atoms with Crippen LogP contribution in [0.4, 0.5) is 0 Å². The molecule has 0 aliphatic carbocycles. The summed E-state index contributed by atoms with van der Waals surface area (Å²) in [5.74, 6) is 0.899. The number of ether oxygens (including phenoxy) is 2. The van der Waals surface area contributed by atoms with E-state index >= 15 is 0 Å². The first-order valence-electron chi connectivity index (χ1n) is 6.06. The van der Waals surface area contributed by atoms with E-state index in [1.54, 1.807) is 36.4 Å². The Kier molecular flexibility index (Phi) is 4.85. The summed E-state index contributed by atoms with van der Waals surface area (Å²) < 4.78 is 11.0. The molecule has 5 heteroatoms. The summed E-state index contributed by atoms with van der Waals surface area (Å²) in [6, 6.07) is 13.8. The van der Waals surface area contributed by atoms with Crippen molar-refractivity contribution in [3.63, 3.8) is 0 Å². The molecule has 0 spiro atoms. The molecule has 104 valence electrons. The highest BCUT2D eigenvalue weighted by Gasteiger charge is 2.00. The van der Waals surface area contributed by atoms with Crippen molar-refractivity contribution in [2.45, 2.75) is 0 Å². The van der Waals surface area contributed by atoms with Crippen LogP contribution in [-0.4, -0.2) is 19.1 Å². The summed E-state index contributed by atoms with van der Waals surface area (Å²) >= 11 is 5.84. The van der Waals surface area contributed by atoms with E-state index in [0.29, 0.717) is 35.3 Å². The van der Waals surface area contributed by atoms with Crippen LogP contribution < -0.4 is 15.2 Å². The van der Waals surface area contributed by atoms with Gasteiger partial charge in [-0.2, -0.15) is 0 Å². The van der Waals surface area contributed by atoms with E-state index in [0.717, 1.165) is 0 Å². The first-order chi connectivity index (χ1) is 9.65. The van der Waals surface area contributed by atoms with Crippen molar-refractivity contribution in [2.75, 3.05) is 13.2 Å². The number of nitrogens with two attached hydrogens (primary N) is 1. The normalized spacial score (nSPS) is 10.1. The smallest absolute Gasteiger partial charge is 0.248 e. The maximum atomic E-state index is 10.9. The van der Waals surface area contributed by atoms with Crippen LogP contribution in [0.5, 0.6) is 11.5 Å². The molecule has 2 N–H and O–H groups in total. The zero-order chi connectivity index (χ0) is 14.4. The summed E-state index contributed by atoms with van der Waals surface area (Å²) in [6.45, 7) is 0.792. The standard InChI is InChI=1S/C15H14ClNO3/c16-12-2-1-3-14(10-12)20-9-8-19-13-6-4-11(5-7-13)15(17)18/h1-7,10H,8-9H2,(H2,17,18). The first-order valence-corrected chi connectivity index (χ1v) is 6.44. The Balaban J connectivity index is 1.77. The van der Waals surface area contributed by atoms with Crippen molar-refractivity contribution in [1.82, 2.24) is 0 Å². The summed E-state index contributed by atoms with van der Waals surface area (Å²) in [5.41, 5.74) is 5.60.